The number of aryl methyl sites for hydroxylation is 1. The van der Waals surface area contributed by atoms with Crippen LogP contribution >= 0.6 is 0 Å². The van der Waals surface area contributed by atoms with Crippen molar-refractivity contribution in [2.24, 2.45) is 7.05 Å². The van der Waals surface area contributed by atoms with Crippen molar-refractivity contribution >= 4 is 17.4 Å². The molecular formula is C16H20N3O4+. The first-order valence-electron chi connectivity index (χ1n) is 6.80. The summed E-state index contributed by atoms with van der Waals surface area (Å²) in [5.41, 5.74) is 8.13. The fraction of sp³-hybridized carbons (Fsp3) is 0.188. The maximum Gasteiger partial charge on any atom is 0.275 e. The summed E-state index contributed by atoms with van der Waals surface area (Å²) in [5, 5.41) is 8.25. The number of rotatable bonds is 4. The van der Waals surface area contributed by atoms with Crippen molar-refractivity contribution in [3.8, 4) is 5.75 Å². The zero-order valence-electron chi connectivity index (χ0n) is 13.0. The highest BCUT2D eigenvalue weighted by Gasteiger charge is 2.03. The molecule has 122 valence electrons. The van der Waals surface area contributed by atoms with E-state index >= 15 is 0 Å². The number of anilines is 1. The minimum atomic E-state index is -0.495. The molecule has 7 nitrogen and oxygen atoms in total. The van der Waals surface area contributed by atoms with E-state index in [9.17, 15) is 9.59 Å². The van der Waals surface area contributed by atoms with E-state index in [1.165, 1.54) is 6.92 Å². The van der Waals surface area contributed by atoms with Crippen LogP contribution in [0.3, 0.4) is 0 Å². The van der Waals surface area contributed by atoms with E-state index in [-0.39, 0.29) is 12.4 Å². The number of carbonyl (C=O) groups is 2. The maximum atomic E-state index is 10.8. The molecule has 0 unspecified atom stereocenters. The highest BCUT2D eigenvalue weighted by molar-refractivity contribution is 5.92. The number of pyridine rings is 1. The van der Waals surface area contributed by atoms with Gasteiger partial charge in [0, 0.05) is 17.8 Å². The Bertz CT molecular complexity index is 639. The first-order valence-corrected chi connectivity index (χ1v) is 6.80. The number of Topliss-reactive ketones (excluding diaryl/α,β-unsaturated/α-hetero) is 1. The number of nitrogens with one attached hydrogen (secondary N) is 1. The van der Waals surface area contributed by atoms with E-state index in [4.69, 9.17) is 15.7 Å². The third kappa shape index (κ3) is 7.05. The Labute approximate surface area is 134 Å². The van der Waals surface area contributed by atoms with Crippen LogP contribution < -0.4 is 20.5 Å². The third-order valence-corrected chi connectivity index (χ3v) is 2.66. The second-order valence-electron chi connectivity index (χ2n) is 4.75. The molecule has 1 heterocycles. The number of aromatic nitrogens is 1. The highest BCUT2D eigenvalue weighted by atomic mass is 16.5. The van der Waals surface area contributed by atoms with Gasteiger partial charge >= 0.3 is 0 Å². The first-order chi connectivity index (χ1) is 10.9. The number of nitrogens with zero attached hydrogens (tertiary/aromatic N) is 1. The van der Waals surface area contributed by atoms with E-state index in [1.54, 1.807) is 58.8 Å². The number of benzene rings is 1. The number of ether oxygens (including phenoxy) is 1. The number of hydroxylamine groups is 1. The highest BCUT2D eigenvalue weighted by Crippen LogP contribution is 2.12. The number of carbonyl (C=O) groups excluding carboxylic acids is 2. The second kappa shape index (κ2) is 9.16. The minimum Gasteiger partial charge on any atom is -0.486 e. The van der Waals surface area contributed by atoms with Gasteiger partial charge in [-0.05, 0) is 31.2 Å². The van der Waals surface area contributed by atoms with Gasteiger partial charge in [-0.2, -0.15) is 0 Å². The van der Waals surface area contributed by atoms with E-state index in [1.807, 2.05) is 7.05 Å². The van der Waals surface area contributed by atoms with Gasteiger partial charge in [0.1, 0.15) is 19.4 Å². The van der Waals surface area contributed by atoms with E-state index in [0.29, 0.717) is 17.0 Å². The molecule has 7 heteroatoms. The molecule has 0 radical (unpaired) electrons. The van der Waals surface area contributed by atoms with Crippen LogP contribution in [0.15, 0.2) is 48.8 Å². The summed E-state index contributed by atoms with van der Waals surface area (Å²) < 4.78 is 6.92. The monoisotopic (exact) mass is 318 g/mol. The lowest BCUT2D eigenvalue weighted by atomic mass is 10.2. The Balaban J connectivity index is 0.000000231. The lowest BCUT2D eigenvalue weighted by Crippen LogP contribution is -2.27. The fourth-order valence-corrected chi connectivity index (χ4v) is 1.47. The van der Waals surface area contributed by atoms with Gasteiger partial charge in [0.25, 0.3) is 5.91 Å². The molecule has 23 heavy (non-hydrogen) atoms. The first kappa shape index (κ1) is 18.1. The smallest absolute Gasteiger partial charge is 0.275 e. The molecule has 2 aromatic rings. The van der Waals surface area contributed by atoms with Gasteiger partial charge in [-0.3, -0.25) is 14.8 Å². The molecule has 0 spiro atoms. The maximum absolute atomic E-state index is 10.8. The van der Waals surface area contributed by atoms with Crippen LogP contribution in [0.5, 0.6) is 5.75 Å². The van der Waals surface area contributed by atoms with Gasteiger partial charge in [0.15, 0.2) is 18.2 Å². The lowest BCUT2D eigenvalue weighted by molar-refractivity contribution is -0.671. The minimum absolute atomic E-state index is 0.00632. The van der Waals surface area contributed by atoms with Crippen LogP contribution in [0.25, 0.3) is 0 Å². The Morgan fingerprint density at radius 2 is 1.74 bits per heavy atom. The molecule has 0 aliphatic rings. The third-order valence-electron chi connectivity index (χ3n) is 2.66. The molecule has 0 aliphatic heterocycles. The molecule has 1 aromatic carbocycles. The predicted octanol–water partition coefficient (Wildman–Crippen LogP) is 0.867. The fourth-order valence-electron chi connectivity index (χ4n) is 1.47. The molecule has 0 atom stereocenters. The number of amides is 1. The summed E-state index contributed by atoms with van der Waals surface area (Å²) >= 11 is 0. The zero-order valence-corrected chi connectivity index (χ0v) is 13.0. The van der Waals surface area contributed by atoms with Gasteiger partial charge in [0.05, 0.1) is 5.56 Å². The molecule has 1 aromatic heterocycles. The predicted molar refractivity (Wildman–Crippen MR) is 83.9 cm³/mol. The van der Waals surface area contributed by atoms with Crippen molar-refractivity contribution in [3.63, 3.8) is 0 Å². The summed E-state index contributed by atoms with van der Waals surface area (Å²) in [6.45, 7) is 1.60. The summed E-state index contributed by atoms with van der Waals surface area (Å²) in [4.78, 5) is 21.3. The van der Waals surface area contributed by atoms with Crippen LogP contribution in [-0.4, -0.2) is 23.5 Å². The van der Waals surface area contributed by atoms with Crippen molar-refractivity contribution in [2.75, 3.05) is 12.3 Å². The Kier molecular flexibility index (Phi) is 7.22. The summed E-state index contributed by atoms with van der Waals surface area (Å²) in [7, 11) is 1.85. The number of nitrogens with two attached hydrogens (primary N) is 1. The lowest BCUT2D eigenvalue weighted by Gasteiger charge is -2.02. The molecular weight excluding hydrogens is 298 g/mol. The van der Waals surface area contributed by atoms with Gasteiger partial charge in [0.2, 0.25) is 0 Å². The van der Waals surface area contributed by atoms with Crippen LogP contribution in [0.1, 0.15) is 17.3 Å². The van der Waals surface area contributed by atoms with Crippen LogP contribution in [0, 0.1) is 0 Å². The second-order valence-corrected chi connectivity index (χ2v) is 4.75. The molecule has 4 N–H and O–H groups in total. The molecule has 0 aliphatic carbocycles. The molecule has 2 rings (SSSR count). The normalized spacial score (nSPS) is 9.35. The van der Waals surface area contributed by atoms with Crippen molar-refractivity contribution in [2.45, 2.75) is 6.92 Å². The molecule has 0 fully saturated rings. The zero-order chi connectivity index (χ0) is 17.2. The molecule has 1 amide bonds. The Morgan fingerprint density at radius 1 is 1.17 bits per heavy atom. The summed E-state index contributed by atoms with van der Waals surface area (Å²) in [5.74, 6) is 0.178. The van der Waals surface area contributed by atoms with Crippen molar-refractivity contribution in [1.82, 2.24) is 5.48 Å². The van der Waals surface area contributed by atoms with Gasteiger partial charge in [-0.25, -0.2) is 10.0 Å². The quantitative estimate of drug-likeness (QED) is 0.336. The number of ketones is 1. The largest absolute Gasteiger partial charge is 0.486 e. The number of hydrogen-bond acceptors (Lipinski definition) is 5. The van der Waals surface area contributed by atoms with Crippen molar-refractivity contribution in [3.05, 3.63) is 54.4 Å². The van der Waals surface area contributed by atoms with Crippen molar-refractivity contribution in [1.29, 1.82) is 0 Å². The van der Waals surface area contributed by atoms with E-state index < -0.39 is 5.91 Å². The summed E-state index contributed by atoms with van der Waals surface area (Å²) in [6.07, 6.45) is 3.45. The van der Waals surface area contributed by atoms with Crippen molar-refractivity contribution < 1.29 is 24.1 Å². The standard InChI is InChI=1S/C9H11NO2.C7H8N2O2/c1-7(11)6-12-9-4-2-8(10)3-5-9;1-9-4-2-6(3-5-9)7(10)8-11/h2-5H,6,10H2,1H3;2-5H,1H3,(H-,8,10,11)/p+1. The Hall–Kier alpha value is -2.93. The number of nitrogen functional groups attached to an aromatic ring is 1. The van der Waals surface area contributed by atoms with Crippen LogP contribution in [0.2, 0.25) is 0 Å². The number of hydrogen-bond donors (Lipinski definition) is 3. The van der Waals surface area contributed by atoms with Gasteiger partial charge in [-0.15, -0.1) is 0 Å². The topological polar surface area (TPSA) is 106 Å². The van der Waals surface area contributed by atoms with E-state index in [2.05, 4.69) is 0 Å². The van der Waals surface area contributed by atoms with Gasteiger partial charge < -0.3 is 10.5 Å². The molecule has 0 bridgehead atoms. The average molecular weight is 318 g/mol. The molecule has 0 saturated carbocycles. The summed E-state index contributed by atoms with van der Waals surface area (Å²) in [6, 6.07) is 10.2. The van der Waals surface area contributed by atoms with Crippen LogP contribution in [0.4, 0.5) is 5.69 Å². The average Bonchev–Trinajstić information content (AvgIpc) is 2.55. The SMILES string of the molecule is CC(=O)COc1ccc(N)cc1.C[n+]1ccc(C(=O)NO)cc1. The van der Waals surface area contributed by atoms with Crippen LogP contribution in [-0.2, 0) is 11.8 Å². The van der Waals surface area contributed by atoms with Gasteiger partial charge in [-0.1, -0.05) is 0 Å². The van der Waals surface area contributed by atoms with E-state index in [0.717, 1.165) is 0 Å². The molecule has 0 saturated heterocycles. The Morgan fingerprint density at radius 3 is 2.22 bits per heavy atom.